The van der Waals surface area contributed by atoms with Crippen LogP contribution in [0.25, 0.3) is 0 Å². The van der Waals surface area contributed by atoms with Gasteiger partial charge in [0.25, 0.3) is 0 Å². The van der Waals surface area contributed by atoms with Gasteiger partial charge in [0.15, 0.2) is 0 Å². The highest BCUT2D eigenvalue weighted by Gasteiger charge is 2.28. The zero-order valence-corrected chi connectivity index (χ0v) is 13.1. The van der Waals surface area contributed by atoms with Crippen LogP contribution >= 0.6 is 0 Å². The summed E-state index contributed by atoms with van der Waals surface area (Å²) >= 11 is 0. The maximum atomic E-state index is 5.62. The van der Waals surface area contributed by atoms with Crippen LogP contribution in [0, 0.1) is 0 Å². The van der Waals surface area contributed by atoms with Gasteiger partial charge in [-0.3, -0.25) is 4.90 Å². The summed E-state index contributed by atoms with van der Waals surface area (Å²) in [6.45, 7) is 2.84. The largest absolute Gasteiger partial charge is 0.468 e. The van der Waals surface area contributed by atoms with Crippen molar-refractivity contribution in [2.45, 2.75) is 32.0 Å². The van der Waals surface area contributed by atoms with E-state index in [2.05, 4.69) is 57.0 Å². The van der Waals surface area contributed by atoms with Crippen LogP contribution in [0.4, 0.5) is 0 Å². The Morgan fingerprint density at radius 2 is 2.00 bits per heavy atom. The van der Waals surface area contributed by atoms with E-state index >= 15 is 0 Å². The standard InChI is InChI=1S/C19H21N3O/c1-2-6-16(7-3-1)14-22-12-10-20-19(22)15-21-11-4-8-17(21)18-9-5-13-23-18/h1-3,5-7,9-10,12-13,17H,4,8,11,14-15H2. The summed E-state index contributed by atoms with van der Waals surface area (Å²) in [5.74, 6) is 2.19. The molecule has 0 spiro atoms. The molecule has 0 N–H and O–H groups in total. The predicted molar refractivity (Wildman–Crippen MR) is 88.9 cm³/mol. The van der Waals surface area contributed by atoms with E-state index in [9.17, 15) is 0 Å². The lowest BCUT2D eigenvalue weighted by atomic mass is 10.1. The van der Waals surface area contributed by atoms with Crippen LogP contribution < -0.4 is 0 Å². The average Bonchev–Trinajstić information content (AvgIpc) is 3.31. The summed E-state index contributed by atoms with van der Waals surface area (Å²) in [7, 11) is 0. The minimum Gasteiger partial charge on any atom is -0.468 e. The predicted octanol–water partition coefficient (Wildman–Crippen LogP) is 3.86. The normalized spacial score (nSPS) is 18.5. The number of nitrogens with zero attached hydrogens (tertiary/aromatic N) is 3. The van der Waals surface area contributed by atoms with Crippen molar-refractivity contribution in [2.24, 2.45) is 0 Å². The lowest BCUT2D eigenvalue weighted by Crippen LogP contribution is -2.24. The third-order valence-corrected chi connectivity index (χ3v) is 4.58. The topological polar surface area (TPSA) is 34.2 Å². The van der Waals surface area contributed by atoms with E-state index in [0.717, 1.165) is 37.6 Å². The van der Waals surface area contributed by atoms with Crippen LogP contribution in [0.1, 0.15) is 36.0 Å². The molecule has 0 amide bonds. The van der Waals surface area contributed by atoms with E-state index in [1.807, 2.05) is 12.3 Å². The highest BCUT2D eigenvalue weighted by molar-refractivity contribution is 5.16. The van der Waals surface area contributed by atoms with Crippen molar-refractivity contribution in [3.8, 4) is 0 Å². The molecule has 0 radical (unpaired) electrons. The highest BCUT2D eigenvalue weighted by Crippen LogP contribution is 2.33. The van der Waals surface area contributed by atoms with Crippen molar-refractivity contribution in [3.05, 3.63) is 78.3 Å². The fraction of sp³-hybridized carbons (Fsp3) is 0.316. The van der Waals surface area contributed by atoms with Crippen molar-refractivity contribution in [1.82, 2.24) is 14.5 Å². The van der Waals surface area contributed by atoms with Crippen LogP contribution in [-0.4, -0.2) is 21.0 Å². The number of aromatic nitrogens is 2. The molecule has 2 aromatic heterocycles. The van der Waals surface area contributed by atoms with Crippen molar-refractivity contribution in [1.29, 1.82) is 0 Å². The number of hydrogen-bond donors (Lipinski definition) is 0. The Morgan fingerprint density at radius 3 is 2.83 bits per heavy atom. The molecular weight excluding hydrogens is 286 g/mol. The molecular formula is C19H21N3O. The maximum Gasteiger partial charge on any atom is 0.123 e. The molecule has 1 atom stereocenters. The summed E-state index contributed by atoms with van der Waals surface area (Å²) in [5, 5.41) is 0. The highest BCUT2D eigenvalue weighted by atomic mass is 16.3. The van der Waals surface area contributed by atoms with Gasteiger partial charge in [-0.1, -0.05) is 30.3 Å². The Bertz CT molecular complexity index is 733. The van der Waals surface area contributed by atoms with Crippen LogP contribution in [-0.2, 0) is 13.1 Å². The molecule has 1 fully saturated rings. The third-order valence-electron chi connectivity index (χ3n) is 4.58. The number of benzene rings is 1. The number of furan rings is 1. The lowest BCUT2D eigenvalue weighted by Gasteiger charge is -2.22. The van der Waals surface area contributed by atoms with Crippen molar-refractivity contribution >= 4 is 0 Å². The Kier molecular flexibility index (Phi) is 3.99. The molecule has 1 aromatic carbocycles. The zero-order chi connectivity index (χ0) is 15.5. The molecule has 3 heterocycles. The molecule has 1 unspecified atom stereocenters. The van der Waals surface area contributed by atoms with Gasteiger partial charge in [-0.05, 0) is 37.1 Å². The van der Waals surface area contributed by atoms with Crippen LogP contribution in [0.5, 0.6) is 0 Å². The molecule has 23 heavy (non-hydrogen) atoms. The fourth-order valence-electron chi connectivity index (χ4n) is 3.42. The molecule has 3 aromatic rings. The first kappa shape index (κ1) is 14.3. The van der Waals surface area contributed by atoms with Gasteiger partial charge in [0, 0.05) is 18.9 Å². The molecule has 1 aliphatic heterocycles. The van der Waals surface area contributed by atoms with E-state index in [-0.39, 0.29) is 0 Å². The average molecular weight is 307 g/mol. The molecule has 0 bridgehead atoms. The SMILES string of the molecule is c1ccc(Cn2ccnc2CN2CCCC2c2ccco2)cc1. The number of likely N-dealkylation sites (tertiary alicyclic amines) is 1. The Hall–Kier alpha value is -2.33. The first-order valence-electron chi connectivity index (χ1n) is 8.21. The Balaban J connectivity index is 1.50. The van der Waals surface area contributed by atoms with Gasteiger partial charge in [-0.15, -0.1) is 0 Å². The zero-order valence-electron chi connectivity index (χ0n) is 13.1. The van der Waals surface area contributed by atoms with E-state index in [1.54, 1.807) is 6.26 Å². The van der Waals surface area contributed by atoms with Gasteiger partial charge in [0.1, 0.15) is 11.6 Å². The molecule has 4 rings (SSSR count). The van der Waals surface area contributed by atoms with E-state index in [0.29, 0.717) is 6.04 Å². The fourth-order valence-corrected chi connectivity index (χ4v) is 3.42. The smallest absolute Gasteiger partial charge is 0.123 e. The van der Waals surface area contributed by atoms with Crippen LogP contribution in [0.2, 0.25) is 0 Å². The van der Waals surface area contributed by atoms with Gasteiger partial charge in [-0.25, -0.2) is 4.98 Å². The summed E-state index contributed by atoms with van der Waals surface area (Å²) in [5.41, 5.74) is 1.30. The van der Waals surface area contributed by atoms with Crippen LogP contribution in [0.15, 0.2) is 65.5 Å². The number of imidazole rings is 1. The van der Waals surface area contributed by atoms with Gasteiger partial charge < -0.3 is 8.98 Å². The van der Waals surface area contributed by atoms with E-state index < -0.39 is 0 Å². The minimum atomic E-state index is 0.381. The number of rotatable bonds is 5. The molecule has 0 saturated carbocycles. The molecule has 0 aliphatic carbocycles. The van der Waals surface area contributed by atoms with Gasteiger partial charge >= 0.3 is 0 Å². The summed E-state index contributed by atoms with van der Waals surface area (Å²) in [4.78, 5) is 7.06. The van der Waals surface area contributed by atoms with Gasteiger partial charge in [0.05, 0.1) is 18.8 Å². The summed E-state index contributed by atoms with van der Waals surface area (Å²) in [6.07, 6.45) is 8.11. The Morgan fingerprint density at radius 1 is 1.09 bits per heavy atom. The third kappa shape index (κ3) is 3.08. The van der Waals surface area contributed by atoms with Crippen molar-refractivity contribution in [2.75, 3.05) is 6.54 Å². The first-order chi connectivity index (χ1) is 11.4. The summed E-state index contributed by atoms with van der Waals surface area (Å²) in [6, 6.07) is 15.0. The van der Waals surface area contributed by atoms with E-state index in [1.165, 1.54) is 12.0 Å². The minimum absolute atomic E-state index is 0.381. The molecule has 4 heteroatoms. The second kappa shape index (κ2) is 6.42. The van der Waals surface area contributed by atoms with Crippen molar-refractivity contribution in [3.63, 3.8) is 0 Å². The second-order valence-corrected chi connectivity index (χ2v) is 6.10. The first-order valence-corrected chi connectivity index (χ1v) is 8.21. The molecule has 4 nitrogen and oxygen atoms in total. The summed E-state index contributed by atoms with van der Waals surface area (Å²) < 4.78 is 7.87. The maximum absolute atomic E-state index is 5.62. The lowest BCUT2D eigenvalue weighted by molar-refractivity contribution is 0.213. The molecule has 118 valence electrons. The molecule has 1 saturated heterocycles. The van der Waals surface area contributed by atoms with Crippen molar-refractivity contribution < 1.29 is 4.42 Å². The van der Waals surface area contributed by atoms with E-state index in [4.69, 9.17) is 4.42 Å². The monoisotopic (exact) mass is 307 g/mol. The van der Waals surface area contributed by atoms with Gasteiger partial charge in [0.2, 0.25) is 0 Å². The second-order valence-electron chi connectivity index (χ2n) is 6.10. The quantitative estimate of drug-likeness (QED) is 0.718. The van der Waals surface area contributed by atoms with Gasteiger partial charge in [-0.2, -0.15) is 0 Å². The number of hydrogen-bond acceptors (Lipinski definition) is 3. The molecule has 1 aliphatic rings. The Labute approximate surface area is 136 Å². The van der Waals surface area contributed by atoms with Crippen LogP contribution in [0.3, 0.4) is 0 Å².